The lowest BCUT2D eigenvalue weighted by Gasteiger charge is -1.91. The third kappa shape index (κ3) is 2.55. The smallest absolute Gasteiger partial charge is 0.271 e. The molecule has 0 N–H and O–H groups in total. The van der Waals surface area contributed by atoms with Gasteiger partial charge >= 0.3 is 0 Å². The molecule has 0 bridgehead atoms. The third-order valence-corrected chi connectivity index (χ3v) is 1.34. The van der Waals surface area contributed by atoms with Gasteiger partial charge in [0.1, 0.15) is 6.61 Å². The summed E-state index contributed by atoms with van der Waals surface area (Å²) in [5, 5.41) is 10.4. The normalized spacial score (nSPS) is 18.8. The molecule has 0 amide bonds. The van der Waals surface area contributed by atoms with E-state index in [1.165, 1.54) is 24.6 Å². The van der Waals surface area contributed by atoms with E-state index in [0.717, 1.165) is 0 Å². The van der Waals surface area contributed by atoms with Crippen LogP contribution >= 0.6 is 0 Å². The molecule has 5 nitrogen and oxygen atoms in total. The van der Waals surface area contributed by atoms with Crippen molar-refractivity contribution in [3.63, 3.8) is 0 Å². The molecular weight excluding hydrogens is 172 g/mol. The maximum absolute atomic E-state index is 10.4. The van der Waals surface area contributed by atoms with Crippen LogP contribution in [0.5, 0.6) is 0 Å². The molecule has 0 radical (unpaired) electrons. The van der Waals surface area contributed by atoms with Gasteiger partial charge in [-0.2, -0.15) is 0 Å². The molecular formula is C8H8N2O3. The van der Waals surface area contributed by atoms with Gasteiger partial charge in [0.05, 0.1) is 10.6 Å². The molecule has 0 saturated heterocycles. The van der Waals surface area contributed by atoms with Crippen molar-refractivity contribution in [3.05, 3.63) is 46.3 Å². The fourth-order valence-corrected chi connectivity index (χ4v) is 0.797. The Bertz CT molecular complexity index is 315. The Morgan fingerprint density at radius 1 is 1.85 bits per heavy atom. The Kier molecular flexibility index (Phi) is 2.97. The van der Waals surface area contributed by atoms with Crippen molar-refractivity contribution in [2.24, 2.45) is 4.99 Å². The fourth-order valence-electron chi connectivity index (χ4n) is 0.797. The van der Waals surface area contributed by atoms with Crippen molar-refractivity contribution >= 4 is 6.40 Å². The summed E-state index contributed by atoms with van der Waals surface area (Å²) in [4.78, 5) is 13.7. The minimum Gasteiger partial charge on any atom is -0.477 e. The summed E-state index contributed by atoms with van der Waals surface area (Å²) in [6.45, 7) is 3.66. The number of nitro groups is 1. The molecule has 0 aromatic rings. The van der Waals surface area contributed by atoms with Crippen LogP contribution in [0.4, 0.5) is 0 Å². The first-order valence-electron chi connectivity index (χ1n) is 3.56. The second kappa shape index (κ2) is 4.20. The first kappa shape index (κ1) is 9.18. The molecule has 1 aliphatic heterocycles. The van der Waals surface area contributed by atoms with E-state index in [1.807, 2.05) is 0 Å². The van der Waals surface area contributed by atoms with E-state index in [2.05, 4.69) is 11.6 Å². The molecule has 1 heterocycles. The molecule has 0 atom stereocenters. The van der Waals surface area contributed by atoms with Crippen molar-refractivity contribution < 1.29 is 9.66 Å². The van der Waals surface area contributed by atoms with Crippen LogP contribution in [0.1, 0.15) is 0 Å². The minimum atomic E-state index is -0.498. The zero-order chi connectivity index (χ0) is 9.68. The maximum atomic E-state index is 10.4. The standard InChI is InChI=1S/C8H8N2O3/c1-2-3-8(10(11)12)4-7-5-13-6-9-7/h2-4,6H,1,5H2/b7-4+,8-3+. The number of hydrogen-bond donors (Lipinski definition) is 0. The molecule has 0 fully saturated rings. The Morgan fingerprint density at radius 3 is 3.08 bits per heavy atom. The second-order valence-electron chi connectivity index (χ2n) is 2.27. The van der Waals surface area contributed by atoms with E-state index in [9.17, 15) is 10.1 Å². The molecule has 1 rings (SSSR count). The van der Waals surface area contributed by atoms with Crippen LogP contribution in [-0.4, -0.2) is 17.9 Å². The lowest BCUT2D eigenvalue weighted by molar-refractivity contribution is -0.419. The molecule has 1 aliphatic rings. The number of aliphatic imine (C=N–C) groups is 1. The fraction of sp³-hybridized carbons (Fsp3) is 0.125. The highest BCUT2D eigenvalue weighted by Crippen LogP contribution is 2.08. The highest BCUT2D eigenvalue weighted by molar-refractivity contribution is 5.53. The summed E-state index contributed by atoms with van der Waals surface area (Å²) < 4.78 is 4.78. The Labute approximate surface area is 74.9 Å². The molecule has 5 heteroatoms. The number of allylic oxidation sites excluding steroid dienone is 3. The van der Waals surface area contributed by atoms with Gasteiger partial charge in [-0.3, -0.25) is 10.1 Å². The number of rotatable bonds is 3. The van der Waals surface area contributed by atoms with E-state index in [0.29, 0.717) is 5.70 Å². The van der Waals surface area contributed by atoms with Gasteiger partial charge in [-0.15, -0.1) is 0 Å². The summed E-state index contributed by atoms with van der Waals surface area (Å²) in [5.74, 6) is 0. The van der Waals surface area contributed by atoms with Gasteiger partial charge in [0.15, 0.2) is 6.40 Å². The molecule has 13 heavy (non-hydrogen) atoms. The summed E-state index contributed by atoms with van der Waals surface area (Å²) in [7, 11) is 0. The quantitative estimate of drug-likeness (QED) is 0.373. The molecule has 0 aromatic heterocycles. The van der Waals surface area contributed by atoms with E-state index in [-0.39, 0.29) is 12.3 Å². The number of nitrogens with zero attached hydrogens (tertiary/aromatic N) is 2. The van der Waals surface area contributed by atoms with Crippen molar-refractivity contribution in [1.82, 2.24) is 0 Å². The summed E-state index contributed by atoms with van der Waals surface area (Å²) in [5.41, 5.74) is 0.484. The van der Waals surface area contributed by atoms with Crippen LogP contribution in [0.15, 0.2) is 41.2 Å². The van der Waals surface area contributed by atoms with Crippen LogP contribution < -0.4 is 0 Å². The van der Waals surface area contributed by atoms with Crippen LogP contribution in [-0.2, 0) is 4.74 Å². The zero-order valence-electron chi connectivity index (χ0n) is 6.84. The topological polar surface area (TPSA) is 64.7 Å². The van der Waals surface area contributed by atoms with Crippen LogP contribution in [0.25, 0.3) is 0 Å². The van der Waals surface area contributed by atoms with Gasteiger partial charge in [-0.25, -0.2) is 4.99 Å². The summed E-state index contributed by atoms with van der Waals surface area (Å²) in [6, 6.07) is 0. The monoisotopic (exact) mass is 180 g/mol. The molecule has 0 unspecified atom stereocenters. The predicted molar refractivity (Wildman–Crippen MR) is 47.8 cm³/mol. The summed E-state index contributed by atoms with van der Waals surface area (Å²) in [6.07, 6.45) is 5.28. The Morgan fingerprint density at radius 2 is 2.62 bits per heavy atom. The van der Waals surface area contributed by atoms with Crippen LogP contribution in [0.2, 0.25) is 0 Å². The van der Waals surface area contributed by atoms with Crippen molar-refractivity contribution in [3.8, 4) is 0 Å². The van der Waals surface area contributed by atoms with Gasteiger partial charge in [-0.05, 0) is 0 Å². The van der Waals surface area contributed by atoms with E-state index in [1.54, 1.807) is 0 Å². The Balaban J connectivity index is 2.84. The SMILES string of the molecule is C=C/C=C(\C=C1/COC=N1)[N+](=O)[O-]. The third-order valence-electron chi connectivity index (χ3n) is 1.34. The molecule has 68 valence electrons. The second-order valence-corrected chi connectivity index (χ2v) is 2.27. The van der Waals surface area contributed by atoms with Crippen molar-refractivity contribution in [2.45, 2.75) is 0 Å². The average molecular weight is 180 g/mol. The van der Waals surface area contributed by atoms with E-state index >= 15 is 0 Å². The van der Waals surface area contributed by atoms with Gasteiger partial charge in [0.2, 0.25) is 0 Å². The largest absolute Gasteiger partial charge is 0.477 e. The van der Waals surface area contributed by atoms with Crippen molar-refractivity contribution in [1.29, 1.82) is 0 Å². The number of hydrogen-bond acceptors (Lipinski definition) is 4. The zero-order valence-corrected chi connectivity index (χ0v) is 6.84. The van der Waals surface area contributed by atoms with Crippen LogP contribution in [0, 0.1) is 10.1 Å². The van der Waals surface area contributed by atoms with Gasteiger partial charge in [-0.1, -0.05) is 12.7 Å². The first-order chi connectivity index (χ1) is 6.24. The van der Waals surface area contributed by atoms with Crippen LogP contribution in [0.3, 0.4) is 0 Å². The van der Waals surface area contributed by atoms with Gasteiger partial charge in [0.25, 0.3) is 5.70 Å². The number of ether oxygens (including phenoxy) is 1. The average Bonchev–Trinajstić information content (AvgIpc) is 2.56. The first-order valence-corrected chi connectivity index (χ1v) is 3.56. The molecule has 0 aliphatic carbocycles. The molecule has 0 saturated carbocycles. The van der Waals surface area contributed by atoms with Gasteiger partial charge < -0.3 is 4.74 Å². The Hall–Kier alpha value is -1.91. The highest BCUT2D eigenvalue weighted by atomic mass is 16.6. The minimum absolute atomic E-state index is 0.0485. The van der Waals surface area contributed by atoms with E-state index < -0.39 is 4.92 Å². The predicted octanol–water partition coefficient (Wildman–Crippen LogP) is 1.28. The highest BCUT2D eigenvalue weighted by Gasteiger charge is 2.09. The molecule has 0 spiro atoms. The maximum Gasteiger partial charge on any atom is 0.271 e. The van der Waals surface area contributed by atoms with Crippen molar-refractivity contribution in [2.75, 3.05) is 6.61 Å². The van der Waals surface area contributed by atoms with E-state index in [4.69, 9.17) is 4.74 Å². The summed E-state index contributed by atoms with van der Waals surface area (Å²) >= 11 is 0. The van der Waals surface area contributed by atoms with Gasteiger partial charge in [0, 0.05) is 12.2 Å². The lowest BCUT2D eigenvalue weighted by atomic mass is 10.3. The molecule has 0 aromatic carbocycles. The lowest BCUT2D eigenvalue weighted by Crippen LogP contribution is -1.96.